The molecule has 0 saturated heterocycles. The fourth-order valence-corrected chi connectivity index (χ4v) is 5.33. The molecule has 6 aromatic rings. The summed E-state index contributed by atoms with van der Waals surface area (Å²) in [4.78, 5) is 0. The molecule has 0 spiro atoms. The molecule has 6 rings (SSSR count). The predicted octanol–water partition coefficient (Wildman–Crippen LogP) is 8.36. The summed E-state index contributed by atoms with van der Waals surface area (Å²) in [6, 6.07) is 52.4. The van der Waals surface area contributed by atoms with E-state index in [4.69, 9.17) is 0 Å². The van der Waals surface area contributed by atoms with Gasteiger partial charge < -0.3 is 10.6 Å². The molecule has 0 bridgehead atoms. The molecule has 0 aromatic heterocycles. The fraction of sp³-hybridized carbons (Fsp3) is 0.111. The van der Waals surface area contributed by atoms with Crippen molar-refractivity contribution in [3.05, 3.63) is 168 Å². The number of fused-ring (bicyclic) bond motifs is 2. The maximum atomic E-state index is 3.92. The fourth-order valence-electron chi connectivity index (χ4n) is 5.33. The highest BCUT2D eigenvalue weighted by Crippen LogP contribution is 2.30. The van der Waals surface area contributed by atoms with Crippen molar-refractivity contribution in [2.45, 2.75) is 25.2 Å². The lowest BCUT2D eigenvalue weighted by Gasteiger charge is -2.30. The second kappa shape index (κ2) is 11.4. The van der Waals surface area contributed by atoms with Crippen LogP contribution < -0.4 is 10.6 Å². The number of nitrogens with one attached hydrogen (secondary N) is 2. The van der Waals surface area contributed by atoms with Crippen LogP contribution >= 0.6 is 0 Å². The average molecular weight is 493 g/mol. The predicted molar refractivity (Wildman–Crippen MR) is 160 cm³/mol. The van der Waals surface area contributed by atoms with Gasteiger partial charge in [-0.1, -0.05) is 133 Å². The van der Waals surface area contributed by atoms with Crippen LogP contribution in [0.1, 0.15) is 34.3 Å². The molecule has 0 aliphatic carbocycles. The third kappa shape index (κ3) is 5.52. The highest BCUT2D eigenvalue weighted by atomic mass is 15.0. The van der Waals surface area contributed by atoms with E-state index < -0.39 is 0 Å². The Hall–Kier alpha value is -4.24. The van der Waals surface area contributed by atoms with Crippen LogP contribution in [0.25, 0.3) is 21.5 Å². The van der Waals surface area contributed by atoms with E-state index in [-0.39, 0.29) is 12.1 Å². The Balaban J connectivity index is 1.30. The molecule has 2 nitrogen and oxygen atoms in total. The zero-order valence-corrected chi connectivity index (χ0v) is 21.4. The Morgan fingerprint density at radius 1 is 0.368 bits per heavy atom. The lowest BCUT2D eigenvalue weighted by molar-refractivity contribution is 0.381. The molecule has 0 fully saturated rings. The van der Waals surface area contributed by atoms with E-state index in [9.17, 15) is 0 Å². The average Bonchev–Trinajstić information content (AvgIpc) is 2.99. The topological polar surface area (TPSA) is 24.1 Å². The minimum absolute atomic E-state index is 0.0885. The summed E-state index contributed by atoms with van der Waals surface area (Å²) in [5.41, 5.74) is 5.11. The molecule has 186 valence electrons. The van der Waals surface area contributed by atoms with E-state index in [1.54, 1.807) is 0 Å². The molecular formula is C36H32N2. The Labute approximate surface area is 225 Å². The third-order valence-electron chi connectivity index (χ3n) is 7.33. The van der Waals surface area contributed by atoms with Gasteiger partial charge in [-0.3, -0.25) is 0 Å². The van der Waals surface area contributed by atoms with E-state index >= 15 is 0 Å². The zero-order valence-electron chi connectivity index (χ0n) is 21.4. The first kappa shape index (κ1) is 24.1. The molecule has 2 heteroatoms. The summed E-state index contributed by atoms with van der Waals surface area (Å²) < 4.78 is 0. The SMILES string of the molecule is c1ccc(C(NCc2ccc3ccccc3c2)C(NCc2ccc3ccccc3c2)c2ccccc2)cc1. The summed E-state index contributed by atoms with van der Waals surface area (Å²) in [6.45, 7) is 1.57. The van der Waals surface area contributed by atoms with Crippen LogP contribution in [0.5, 0.6) is 0 Å². The lowest BCUT2D eigenvalue weighted by Crippen LogP contribution is -2.35. The second-order valence-electron chi connectivity index (χ2n) is 9.90. The van der Waals surface area contributed by atoms with Crippen molar-refractivity contribution in [3.8, 4) is 0 Å². The first-order valence-corrected chi connectivity index (χ1v) is 13.4. The maximum absolute atomic E-state index is 3.92. The Morgan fingerprint density at radius 3 is 1.16 bits per heavy atom. The van der Waals surface area contributed by atoms with Crippen molar-refractivity contribution in [2.75, 3.05) is 0 Å². The monoisotopic (exact) mass is 492 g/mol. The van der Waals surface area contributed by atoms with Crippen LogP contribution in [0, 0.1) is 0 Å². The third-order valence-corrected chi connectivity index (χ3v) is 7.33. The molecule has 0 radical (unpaired) electrons. The van der Waals surface area contributed by atoms with Crippen molar-refractivity contribution in [1.29, 1.82) is 0 Å². The van der Waals surface area contributed by atoms with Crippen LogP contribution in [0.3, 0.4) is 0 Å². The van der Waals surface area contributed by atoms with Crippen molar-refractivity contribution < 1.29 is 0 Å². The zero-order chi connectivity index (χ0) is 25.6. The van der Waals surface area contributed by atoms with Crippen LogP contribution in [0.2, 0.25) is 0 Å². The molecule has 2 atom stereocenters. The highest BCUT2D eigenvalue weighted by Gasteiger charge is 2.24. The van der Waals surface area contributed by atoms with Gasteiger partial charge in [0.1, 0.15) is 0 Å². The van der Waals surface area contributed by atoms with Crippen LogP contribution in [0.4, 0.5) is 0 Å². The van der Waals surface area contributed by atoms with E-state index in [2.05, 4.69) is 156 Å². The van der Waals surface area contributed by atoms with Gasteiger partial charge >= 0.3 is 0 Å². The summed E-state index contributed by atoms with van der Waals surface area (Å²) >= 11 is 0. The van der Waals surface area contributed by atoms with Crippen LogP contribution in [0.15, 0.2) is 146 Å². The quantitative estimate of drug-likeness (QED) is 0.212. The van der Waals surface area contributed by atoms with Gasteiger partial charge in [-0.25, -0.2) is 0 Å². The number of hydrogen-bond acceptors (Lipinski definition) is 2. The molecule has 2 N–H and O–H groups in total. The molecule has 0 saturated carbocycles. The van der Waals surface area contributed by atoms with E-state index in [1.165, 1.54) is 43.8 Å². The van der Waals surface area contributed by atoms with Gasteiger partial charge in [-0.05, 0) is 55.9 Å². The van der Waals surface area contributed by atoms with Gasteiger partial charge in [0.2, 0.25) is 0 Å². The lowest BCUT2D eigenvalue weighted by atomic mass is 9.92. The van der Waals surface area contributed by atoms with Gasteiger partial charge in [-0.15, -0.1) is 0 Å². The van der Waals surface area contributed by atoms with Crippen LogP contribution in [-0.2, 0) is 13.1 Å². The van der Waals surface area contributed by atoms with Crippen LogP contribution in [-0.4, -0.2) is 0 Å². The molecule has 38 heavy (non-hydrogen) atoms. The second-order valence-corrected chi connectivity index (χ2v) is 9.90. The number of rotatable bonds is 9. The van der Waals surface area contributed by atoms with Crippen molar-refractivity contribution in [1.82, 2.24) is 10.6 Å². The van der Waals surface area contributed by atoms with E-state index in [1.807, 2.05) is 0 Å². The van der Waals surface area contributed by atoms with E-state index in [0.717, 1.165) is 13.1 Å². The molecule has 6 aromatic carbocycles. The molecule has 0 heterocycles. The molecule has 0 amide bonds. The minimum atomic E-state index is 0.0885. The summed E-state index contributed by atoms with van der Waals surface area (Å²) in [7, 11) is 0. The van der Waals surface area contributed by atoms with Gasteiger partial charge in [0.15, 0.2) is 0 Å². The van der Waals surface area contributed by atoms with E-state index in [0.29, 0.717) is 0 Å². The Kier molecular flexibility index (Phi) is 7.26. The summed E-state index contributed by atoms with van der Waals surface area (Å²) in [5, 5.41) is 12.9. The Bertz CT molecular complexity index is 1500. The van der Waals surface area contributed by atoms with Crippen molar-refractivity contribution in [3.63, 3.8) is 0 Å². The molecule has 2 unspecified atom stereocenters. The van der Waals surface area contributed by atoms with Gasteiger partial charge in [0.25, 0.3) is 0 Å². The molecule has 0 aliphatic rings. The largest absolute Gasteiger partial charge is 0.304 e. The Morgan fingerprint density at radius 2 is 0.737 bits per heavy atom. The molecular weight excluding hydrogens is 460 g/mol. The first-order valence-electron chi connectivity index (χ1n) is 13.4. The number of benzene rings is 6. The smallest absolute Gasteiger partial charge is 0.0521 e. The first-order chi connectivity index (χ1) is 18.8. The van der Waals surface area contributed by atoms with Crippen molar-refractivity contribution >= 4 is 21.5 Å². The van der Waals surface area contributed by atoms with Gasteiger partial charge in [0.05, 0.1) is 12.1 Å². The number of hydrogen-bond donors (Lipinski definition) is 2. The normalized spacial score (nSPS) is 12.9. The maximum Gasteiger partial charge on any atom is 0.0521 e. The highest BCUT2D eigenvalue weighted by molar-refractivity contribution is 5.83. The minimum Gasteiger partial charge on any atom is -0.304 e. The standard InChI is InChI=1S/C36H32N2/c1-3-13-31(14-4-1)35(37-25-27-19-21-29-11-7-9-17-33(29)23-27)36(32-15-5-2-6-16-32)38-26-28-20-22-30-12-8-10-18-34(30)24-28/h1-24,35-38H,25-26H2. The van der Waals surface area contributed by atoms with Gasteiger partial charge in [-0.2, -0.15) is 0 Å². The summed E-state index contributed by atoms with van der Waals surface area (Å²) in [6.07, 6.45) is 0. The summed E-state index contributed by atoms with van der Waals surface area (Å²) in [5.74, 6) is 0. The van der Waals surface area contributed by atoms with Crippen molar-refractivity contribution in [2.24, 2.45) is 0 Å². The molecule has 0 aliphatic heterocycles. The van der Waals surface area contributed by atoms with Gasteiger partial charge in [0, 0.05) is 13.1 Å².